The highest BCUT2D eigenvalue weighted by molar-refractivity contribution is 5.80. The summed E-state index contributed by atoms with van der Waals surface area (Å²) in [5, 5.41) is 14.9. The molecule has 6 heteroatoms. The van der Waals surface area contributed by atoms with Crippen LogP contribution in [0.15, 0.2) is 23.4 Å². The van der Waals surface area contributed by atoms with Gasteiger partial charge in [0, 0.05) is 24.2 Å². The molecule has 1 heterocycles. The first-order chi connectivity index (χ1) is 8.72. The molecule has 1 atom stereocenters. The van der Waals surface area contributed by atoms with Gasteiger partial charge in [0.25, 0.3) is 0 Å². The maximum Gasteiger partial charge on any atom is 0.231 e. The smallest absolute Gasteiger partial charge is 0.231 e. The van der Waals surface area contributed by atoms with E-state index < -0.39 is 0 Å². The quantitative estimate of drug-likeness (QED) is 0.321. The van der Waals surface area contributed by atoms with Crippen LogP contribution >= 0.6 is 0 Å². The lowest BCUT2D eigenvalue weighted by Gasteiger charge is -2.17. The normalized spacial score (nSPS) is 15.5. The molecule has 0 fully saturated rings. The molecule has 0 saturated heterocycles. The fourth-order valence-corrected chi connectivity index (χ4v) is 1.81. The molecule has 1 unspecified atom stereocenters. The molecule has 0 amide bonds. The summed E-state index contributed by atoms with van der Waals surface area (Å²) in [6.07, 6.45) is 1.35. The van der Waals surface area contributed by atoms with Crippen molar-refractivity contribution in [1.29, 1.82) is 0 Å². The van der Waals surface area contributed by atoms with Gasteiger partial charge in [0.1, 0.15) is 5.84 Å². The van der Waals surface area contributed by atoms with Crippen molar-refractivity contribution < 1.29 is 14.7 Å². The van der Waals surface area contributed by atoms with Gasteiger partial charge >= 0.3 is 0 Å². The van der Waals surface area contributed by atoms with E-state index in [1.54, 1.807) is 0 Å². The topological polar surface area (TPSA) is 89.1 Å². The molecule has 18 heavy (non-hydrogen) atoms. The minimum Gasteiger partial charge on any atom is -0.454 e. The highest BCUT2D eigenvalue weighted by atomic mass is 16.7. The van der Waals surface area contributed by atoms with Gasteiger partial charge in [-0.2, -0.15) is 0 Å². The average molecular weight is 251 g/mol. The second-order valence-corrected chi connectivity index (χ2v) is 4.11. The predicted molar refractivity (Wildman–Crippen MR) is 68.3 cm³/mol. The summed E-state index contributed by atoms with van der Waals surface area (Å²) >= 11 is 0. The number of ether oxygens (including phenoxy) is 2. The van der Waals surface area contributed by atoms with Gasteiger partial charge in [-0.1, -0.05) is 12.1 Å². The second-order valence-electron chi connectivity index (χ2n) is 4.11. The Bertz CT molecular complexity index is 448. The number of nitrogens with one attached hydrogen (secondary N) is 1. The number of amidine groups is 1. The van der Waals surface area contributed by atoms with Gasteiger partial charge in [0.05, 0.1) is 0 Å². The lowest BCUT2D eigenvalue weighted by Crippen LogP contribution is -2.26. The molecule has 0 spiro atoms. The van der Waals surface area contributed by atoms with E-state index in [-0.39, 0.29) is 18.7 Å². The zero-order valence-electron chi connectivity index (χ0n) is 10.2. The van der Waals surface area contributed by atoms with E-state index in [0.717, 1.165) is 23.6 Å². The first-order valence-electron chi connectivity index (χ1n) is 5.85. The summed E-state index contributed by atoms with van der Waals surface area (Å²) in [6, 6.07) is 5.78. The largest absolute Gasteiger partial charge is 0.454 e. The molecule has 0 aromatic heterocycles. The van der Waals surface area contributed by atoms with Crippen LogP contribution in [0.4, 0.5) is 5.69 Å². The maximum absolute atomic E-state index is 8.57. The summed E-state index contributed by atoms with van der Waals surface area (Å²) in [6.45, 7) is 2.30. The Kier molecular flexibility index (Phi) is 3.76. The highest BCUT2D eigenvalue weighted by Gasteiger charge is 2.15. The fourth-order valence-electron chi connectivity index (χ4n) is 1.81. The molecule has 4 N–H and O–H groups in total. The SMILES string of the molecule is CCC(C/C(N)=N/O)Nc1ccc2c(c1)OCO2. The van der Waals surface area contributed by atoms with E-state index in [9.17, 15) is 0 Å². The summed E-state index contributed by atoms with van der Waals surface area (Å²) in [5.74, 6) is 1.71. The van der Waals surface area contributed by atoms with Gasteiger partial charge in [-0.15, -0.1) is 0 Å². The number of nitrogens with two attached hydrogens (primary N) is 1. The van der Waals surface area contributed by atoms with Crippen molar-refractivity contribution in [2.45, 2.75) is 25.8 Å². The second kappa shape index (κ2) is 5.48. The van der Waals surface area contributed by atoms with Crippen LogP contribution in [0.1, 0.15) is 19.8 Å². The van der Waals surface area contributed by atoms with Crippen molar-refractivity contribution >= 4 is 11.5 Å². The molecular weight excluding hydrogens is 234 g/mol. The van der Waals surface area contributed by atoms with E-state index in [1.807, 2.05) is 25.1 Å². The summed E-state index contributed by atoms with van der Waals surface area (Å²) in [4.78, 5) is 0. The number of nitrogens with zero attached hydrogens (tertiary/aromatic N) is 1. The minimum absolute atomic E-state index is 0.112. The van der Waals surface area contributed by atoms with E-state index in [2.05, 4.69) is 10.5 Å². The standard InChI is InChI=1S/C12H17N3O3/c1-2-8(6-12(13)15-16)14-9-3-4-10-11(5-9)18-7-17-10/h3-5,8,14,16H,2,6-7H2,1H3,(H2,13,15). The monoisotopic (exact) mass is 251 g/mol. The Morgan fingerprint density at radius 2 is 2.28 bits per heavy atom. The molecular formula is C12H17N3O3. The lowest BCUT2D eigenvalue weighted by atomic mass is 10.1. The van der Waals surface area contributed by atoms with Crippen molar-refractivity contribution in [3.8, 4) is 11.5 Å². The first kappa shape index (κ1) is 12.3. The number of anilines is 1. The molecule has 2 rings (SSSR count). The summed E-state index contributed by atoms with van der Waals surface area (Å²) < 4.78 is 10.6. The van der Waals surface area contributed by atoms with E-state index in [4.69, 9.17) is 20.4 Å². The molecule has 6 nitrogen and oxygen atoms in total. The molecule has 0 bridgehead atoms. The number of hydrogen-bond donors (Lipinski definition) is 3. The Morgan fingerprint density at radius 1 is 1.50 bits per heavy atom. The lowest BCUT2D eigenvalue weighted by molar-refractivity contribution is 0.174. The number of oxime groups is 1. The van der Waals surface area contributed by atoms with Crippen LogP contribution in [0.3, 0.4) is 0 Å². The van der Waals surface area contributed by atoms with Crippen molar-refractivity contribution in [2.24, 2.45) is 10.9 Å². The molecule has 1 aliphatic rings. The average Bonchev–Trinajstić information content (AvgIpc) is 2.85. The zero-order valence-corrected chi connectivity index (χ0v) is 10.2. The highest BCUT2D eigenvalue weighted by Crippen LogP contribution is 2.34. The van der Waals surface area contributed by atoms with Crippen LogP contribution in [0.5, 0.6) is 11.5 Å². The van der Waals surface area contributed by atoms with Crippen molar-refractivity contribution in [3.05, 3.63) is 18.2 Å². The molecule has 0 aliphatic carbocycles. The first-order valence-corrected chi connectivity index (χ1v) is 5.85. The van der Waals surface area contributed by atoms with E-state index in [1.165, 1.54) is 0 Å². The van der Waals surface area contributed by atoms with Gasteiger partial charge < -0.3 is 25.7 Å². The predicted octanol–water partition coefficient (Wildman–Crippen LogP) is 1.74. The van der Waals surface area contributed by atoms with E-state index in [0.29, 0.717) is 6.42 Å². The van der Waals surface area contributed by atoms with Gasteiger partial charge in [-0.05, 0) is 18.6 Å². The Hall–Kier alpha value is -2.11. The third-order valence-electron chi connectivity index (χ3n) is 2.82. The van der Waals surface area contributed by atoms with Crippen LogP contribution in [-0.4, -0.2) is 23.9 Å². The van der Waals surface area contributed by atoms with Crippen LogP contribution in [0.25, 0.3) is 0 Å². The minimum atomic E-state index is 0.112. The molecule has 1 aromatic carbocycles. The summed E-state index contributed by atoms with van der Waals surface area (Å²) in [7, 11) is 0. The number of hydrogen-bond acceptors (Lipinski definition) is 5. The van der Waals surface area contributed by atoms with Crippen LogP contribution in [-0.2, 0) is 0 Å². The number of rotatable bonds is 5. The van der Waals surface area contributed by atoms with Gasteiger partial charge in [0.2, 0.25) is 6.79 Å². The molecule has 0 radical (unpaired) electrons. The number of benzene rings is 1. The molecule has 1 aliphatic heterocycles. The molecule has 98 valence electrons. The molecule has 1 aromatic rings. The van der Waals surface area contributed by atoms with Crippen LogP contribution in [0.2, 0.25) is 0 Å². The van der Waals surface area contributed by atoms with Crippen LogP contribution in [0, 0.1) is 0 Å². The Labute approximate surface area is 105 Å². The van der Waals surface area contributed by atoms with Gasteiger partial charge in [-0.25, -0.2) is 0 Å². The van der Waals surface area contributed by atoms with Crippen molar-refractivity contribution in [1.82, 2.24) is 0 Å². The maximum atomic E-state index is 8.57. The Balaban J connectivity index is 2.03. The van der Waals surface area contributed by atoms with Gasteiger partial charge in [-0.3, -0.25) is 0 Å². The third-order valence-corrected chi connectivity index (χ3v) is 2.82. The van der Waals surface area contributed by atoms with E-state index >= 15 is 0 Å². The van der Waals surface area contributed by atoms with Gasteiger partial charge in [0.15, 0.2) is 11.5 Å². The van der Waals surface area contributed by atoms with Crippen LogP contribution < -0.4 is 20.5 Å². The van der Waals surface area contributed by atoms with Crippen molar-refractivity contribution in [2.75, 3.05) is 12.1 Å². The molecule has 0 saturated carbocycles. The summed E-state index contributed by atoms with van der Waals surface area (Å²) in [5.41, 5.74) is 6.44. The zero-order chi connectivity index (χ0) is 13.0. The third kappa shape index (κ3) is 2.77. The van der Waals surface area contributed by atoms with Crippen molar-refractivity contribution in [3.63, 3.8) is 0 Å². The fraction of sp³-hybridized carbons (Fsp3) is 0.417. The number of fused-ring (bicyclic) bond motifs is 1. The Morgan fingerprint density at radius 3 is 3.00 bits per heavy atom.